The Labute approximate surface area is 106 Å². The molecule has 0 aliphatic rings. The Morgan fingerprint density at radius 2 is 2.18 bits per heavy atom. The molecular weight excluding hydrogens is 242 g/mol. The van der Waals surface area contributed by atoms with Crippen LogP contribution in [0.2, 0.25) is 5.02 Å². The summed E-state index contributed by atoms with van der Waals surface area (Å²) in [5.74, 6) is 0.292. The number of likely N-dealkylation sites (N-methyl/N-ethyl adjacent to an activating group) is 1. The van der Waals surface area contributed by atoms with Gasteiger partial charge in [-0.25, -0.2) is 0 Å². The number of aliphatic hydroxyl groups is 1. The number of carbonyl (C=O) groups excluding carboxylic acids is 1. The highest BCUT2D eigenvalue weighted by atomic mass is 35.5. The third kappa shape index (κ3) is 3.35. The second-order valence-electron chi connectivity index (χ2n) is 3.82. The summed E-state index contributed by atoms with van der Waals surface area (Å²) in [4.78, 5) is 12.7. The van der Waals surface area contributed by atoms with Crippen LogP contribution >= 0.6 is 11.6 Å². The van der Waals surface area contributed by atoms with Gasteiger partial charge in [-0.2, -0.15) is 0 Å². The molecule has 0 unspecified atom stereocenters. The number of methoxy groups -OCH3 is 1. The molecule has 0 radical (unpaired) electrons. The van der Waals surface area contributed by atoms with E-state index in [9.17, 15) is 4.79 Å². The Balaban J connectivity index is 2.92. The normalized spacial score (nSPS) is 10.2. The maximum atomic E-state index is 11.3. The fourth-order valence-electron chi connectivity index (χ4n) is 1.49. The van der Waals surface area contributed by atoms with Gasteiger partial charge >= 0.3 is 0 Å². The lowest BCUT2D eigenvalue weighted by Gasteiger charge is -2.18. The fraction of sp³-hybridized carbons (Fsp3) is 0.417. The van der Waals surface area contributed by atoms with Gasteiger partial charge in [0.15, 0.2) is 0 Å². The molecular formula is C12H16ClNO3. The number of carbonyl (C=O) groups is 1. The number of nitrogens with zero attached hydrogens (tertiary/aromatic N) is 1. The first-order chi connectivity index (χ1) is 7.99. The third-order valence-corrected chi connectivity index (χ3v) is 2.87. The number of hydrogen-bond donors (Lipinski definition) is 1. The van der Waals surface area contributed by atoms with Crippen molar-refractivity contribution in [1.82, 2.24) is 4.90 Å². The summed E-state index contributed by atoms with van der Waals surface area (Å²) in [6, 6.07) is 3.60. The van der Waals surface area contributed by atoms with Crippen molar-refractivity contribution in [3.63, 3.8) is 0 Å². The Bertz CT molecular complexity index is 420. The maximum absolute atomic E-state index is 11.3. The molecule has 0 aromatic heterocycles. The monoisotopic (exact) mass is 257 g/mol. The predicted octanol–water partition coefficient (Wildman–Crippen LogP) is 1.61. The van der Waals surface area contributed by atoms with Crippen molar-refractivity contribution in [2.24, 2.45) is 0 Å². The van der Waals surface area contributed by atoms with E-state index in [0.717, 1.165) is 11.1 Å². The van der Waals surface area contributed by atoms with E-state index in [1.807, 2.05) is 13.0 Å². The zero-order valence-corrected chi connectivity index (χ0v) is 10.9. The predicted molar refractivity (Wildman–Crippen MR) is 66.3 cm³/mol. The summed E-state index contributed by atoms with van der Waals surface area (Å²) in [7, 11) is 3.19. The average Bonchev–Trinajstić information content (AvgIpc) is 2.32. The summed E-state index contributed by atoms with van der Waals surface area (Å²) < 4.78 is 5.10. The molecule has 0 atom stereocenters. The summed E-state index contributed by atoms with van der Waals surface area (Å²) in [5.41, 5.74) is 1.92. The van der Waals surface area contributed by atoms with Crippen LogP contribution in [0, 0.1) is 6.92 Å². The number of hydrogen-bond acceptors (Lipinski definition) is 3. The van der Waals surface area contributed by atoms with Crippen LogP contribution in [0.3, 0.4) is 0 Å². The molecule has 0 saturated carbocycles. The van der Waals surface area contributed by atoms with E-state index in [-0.39, 0.29) is 5.91 Å². The lowest BCUT2D eigenvalue weighted by Crippen LogP contribution is -2.28. The highest BCUT2D eigenvalue weighted by Gasteiger charge is 2.11. The Morgan fingerprint density at radius 1 is 1.53 bits per heavy atom. The number of rotatable bonds is 4. The molecule has 0 aliphatic carbocycles. The quantitative estimate of drug-likeness (QED) is 0.892. The van der Waals surface area contributed by atoms with Crippen LogP contribution in [0.5, 0.6) is 5.75 Å². The zero-order valence-electron chi connectivity index (χ0n) is 10.2. The van der Waals surface area contributed by atoms with Gasteiger partial charge in [-0.05, 0) is 30.2 Å². The summed E-state index contributed by atoms with van der Waals surface area (Å²) in [6.07, 6.45) is 0. The third-order valence-electron chi connectivity index (χ3n) is 2.58. The van der Waals surface area contributed by atoms with Crippen LogP contribution < -0.4 is 4.74 Å². The van der Waals surface area contributed by atoms with Crippen LogP contribution in [0.4, 0.5) is 0 Å². The van der Waals surface area contributed by atoms with E-state index in [1.165, 1.54) is 4.90 Å². The Hall–Kier alpha value is -1.26. The van der Waals surface area contributed by atoms with Crippen LogP contribution in [0.1, 0.15) is 11.1 Å². The summed E-state index contributed by atoms with van der Waals surface area (Å²) in [6.45, 7) is 1.85. The molecule has 0 saturated heterocycles. The largest absolute Gasteiger partial charge is 0.495 e. The van der Waals surface area contributed by atoms with Gasteiger partial charge in [0.25, 0.3) is 0 Å². The molecule has 0 aliphatic heterocycles. The number of amides is 1. The van der Waals surface area contributed by atoms with E-state index in [1.54, 1.807) is 20.2 Å². The number of aliphatic hydroxyl groups excluding tert-OH is 1. The first-order valence-corrected chi connectivity index (χ1v) is 5.55. The fourth-order valence-corrected chi connectivity index (χ4v) is 1.75. The number of ether oxygens (including phenoxy) is 1. The van der Waals surface area contributed by atoms with E-state index >= 15 is 0 Å². The van der Waals surface area contributed by atoms with Gasteiger partial charge in [-0.1, -0.05) is 11.6 Å². The molecule has 94 valence electrons. The molecule has 5 heteroatoms. The SMILES string of the molecule is COc1cc(C)c(CN(C)C(=O)CO)cc1Cl. The Morgan fingerprint density at radius 3 is 2.71 bits per heavy atom. The standard InChI is InChI=1S/C12H16ClNO3/c1-8-4-11(17-3)10(13)5-9(8)6-14(2)12(16)7-15/h4-5,15H,6-7H2,1-3H3. The second-order valence-corrected chi connectivity index (χ2v) is 4.23. The highest BCUT2D eigenvalue weighted by molar-refractivity contribution is 6.32. The molecule has 0 heterocycles. The molecule has 1 rings (SSSR count). The minimum atomic E-state index is -0.487. The molecule has 1 aromatic carbocycles. The van der Waals surface area contributed by atoms with E-state index < -0.39 is 6.61 Å². The van der Waals surface area contributed by atoms with Gasteiger partial charge in [0.05, 0.1) is 12.1 Å². The van der Waals surface area contributed by atoms with Crippen molar-refractivity contribution in [1.29, 1.82) is 0 Å². The van der Waals surface area contributed by atoms with Crippen LogP contribution in [0.25, 0.3) is 0 Å². The second kappa shape index (κ2) is 5.89. The molecule has 4 nitrogen and oxygen atoms in total. The molecule has 0 spiro atoms. The van der Waals surface area contributed by atoms with Crippen LogP contribution in [-0.4, -0.2) is 36.7 Å². The zero-order chi connectivity index (χ0) is 13.0. The maximum Gasteiger partial charge on any atom is 0.248 e. The number of aryl methyl sites for hydroxylation is 1. The minimum Gasteiger partial charge on any atom is -0.495 e. The van der Waals surface area contributed by atoms with Crippen LogP contribution in [-0.2, 0) is 11.3 Å². The molecule has 17 heavy (non-hydrogen) atoms. The molecule has 0 fully saturated rings. The number of halogens is 1. The van der Waals surface area contributed by atoms with Crippen LogP contribution in [0.15, 0.2) is 12.1 Å². The lowest BCUT2D eigenvalue weighted by atomic mass is 10.1. The highest BCUT2D eigenvalue weighted by Crippen LogP contribution is 2.28. The van der Waals surface area contributed by atoms with Crippen molar-refractivity contribution in [2.45, 2.75) is 13.5 Å². The number of benzene rings is 1. The first-order valence-electron chi connectivity index (χ1n) is 5.17. The minimum absolute atomic E-state index is 0.323. The van der Waals surface area contributed by atoms with Gasteiger partial charge in [0.1, 0.15) is 12.4 Å². The van der Waals surface area contributed by atoms with Gasteiger partial charge in [0, 0.05) is 13.6 Å². The smallest absolute Gasteiger partial charge is 0.248 e. The summed E-state index contributed by atoms with van der Waals surface area (Å²) >= 11 is 6.02. The molecule has 1 N–H and O–H groups in total. The Kier molecular flexibility index (Phi) is 4.78. The van der Waals surface area contributed by atoms with Crippen molar-refractivity contribution in [2.75, 3.05) is 20.8 Å². The average molecular weight is 258 g/mol. The van der Waals surface area contributed by atoms with Gasteiger partial charge < -0.3 is 14.7 Å². The van der Waals surface area contributed by atoms with Crippen molar-refractivity contribution >= 4 is 17.5 Å². The van der Waals surface area contributed by atoms with Gasteiger partial charge in [-0.15, -0.1) is 0 Å². The van der Waals surface area contributed by atoms with Gasteiger partial charge in [-0.3, -0.25) is 4.79 Å². The lowest BCUT2D eigenvalue weighted by molar-refractivity contribution is -0.133. The van der Waals surface area contributed by atoms with E-state index in [0.29, 0.717) is 17.3 Å². The first kappa shape index (κ1) is 13.8. The van der Waals surface area contributed by atoms with Crippen molar-refractivity contribution in [3.8, 4) is 5.75 Å². The molecule has 1 amide bonds. The summed E-state index contributed by atoms with van der Waals surface area (Å²) in [5, 5.41) is 9.26. The van der Waals surface area contributed by atoms with Crippen molar-refractivity contribution in [3.05, 3.63) is 28.3 Å². The molecule has 0 bridgehead atoms. The van der Waals surface area contributed by atoms with E-state index in [4.69, 9.17) is 21.4 Å². The van der Waals surface area contributed by atoms with Gasteiger partial charge in [0.2, 0.25) is 5.91 Å². The topological polar surface area (TPSA) is 49.8 Å². The van der Waals surface area contributed by atoms with E-state index in [2.05, 4.69) is 0 Å². The van der Waals surface area contributed by atoms with Crippen molar-refractivity contribution < 1.29 is 14.6 Å². The molecule has 1 aromatic rings.